The van der Waals surface area contributed by atoms with Crippen molar-refractivity contribution in [3.63, 3.8) is 0 Å². The summed E-state index contributed by atoms with van der Waals surface area (Å²) in [6.45, 7) is 1.14. The van der Waals surface area contributed by atoms with E-state index in [1.807, 2.05) is 0 Å². The Balaban J connectivity index is 2.38. The Bertz CT molecular complexity index is 414. The van der Waals surface area contributed by atoms with Crippen molar-refractivity contribution in [1.29, 1.82) is 0 Å². The summed E-state index contributed by atoms with van der Waals surface area (Å²) >= 11 is 0. The lowest BCUT2D eigenvalue weighted by atomic mass is 10.6. The molecule has 1 fully saturated rings. The van der Waals surface area contributed by atoms with Crippen LogP contribution >= 0.6 is 0 Å². The Morgan fingerprint density at radius 2 is 2.14 bits per heavy atom. The molecule has 0 bridgehead atoms. The Morgan fingerprint density at radius 1 is 1.36 bits per heavy atom. The maximum Gasteiger partial charge on any atom is 0.366 e. The Labute approximate surface area is 80.3 Å². The molecule has 1 aliphatic heterocycles. The molecule has 14 heavy (non-hydrogen) atoms. The van der Waals surface area contributed by atoms with E-state index in [9.17, 15) is 9.59 Å². The van der Waals surface area contributed by atoms with E-state index in [2.05, 4.69) is 4.98 Å². The van der Waals surface area contributed by atoms with Crippen LogP contribution in [0.5, 0.6) is 0 Å². The molecule has 0 N–H and O–H groups in total. The maximum absolute atomic E-state index is 11.5. The molecule has 2 amide bonds. The summed E-state index contributed by atoms with van der Waals surface area (Å²) in [7, 11) is 1.70. The predicted molar refractivity (Wildman–Crippen MR) is 49.6 cm³/mol. The van der Waals surface area contributed by atoms with Crippen LogP contribution in [0.4, 0.5) is 4.79 Å². The van der Waals surface area contributed by atoms with Crippen LogP contribution in [0.15, 0.2) is 23.3 Å². The molecule has 1 saturated heterocycles. The van der Waals surface area contributed by atoms with Crippen molar-refractivity contribution in [2.24, 2.45) is 0 Å². The molecule has 1 aromatic heterocycles. The highest BCUT2D eigenvalue weighted by atomic mass is 16.2. The molecule has 6 nitrogen and oxygen atoms in total. The molecule has 0 radical (unpaired) electrons. The zero-order chi connectivity index (χ0) is 10.1. The monoisotopic (exact) mass is 194 g/mol. The Morgan fingerprint density at radius 3 is 2.71 bits per heavy atom. The van der Waals surface area contributed by atoms with Crippen LogP contribution in [0.1, 0.15) is 0 Å². The van der Waals surface area contributed by atoms with Gasteiger partial charge in [0, 0.05) is 26.0 Å². The van der Waals surface area contributed by atoms with Crippen molar-refractivity contribution >= 4 is 6.03 Å². The number of likely N-dealkylation sites (N-methyl/N-ethyl adjacent to an activating group) is 1. The number of amides is 2. The fourth-order valence-electron chi connectivity index (χ4n) is 1.37. The average Bonchev–Trinajstić information content (AvgIpc) is 2.49. The summed E-state index contributed by atoms with van der Waals surface area (Å²) in [5.41, 5.74) is -0.434. The summed E-state index contributed by atoms with van der Waals surface area (Å²) in [6.07, 6.45) is 2.94. The van der Waals surface area contributed by atoms with Crippen molar-refractivity contribution in [2.45, 2.75) is 0 Å². The molecule has 0 spiro atoms. The van der Waals surface area contributed by atoms with Crippen LogP contribution in [0, 0.1) is 0 Å². The minimum absolute atomic E-state index is 0.180. The lowest BCUT2D eigenvalue weighted by Crippen LogP contribution is -2.44. The average molecular weight is 194 g/mol. The summed E-state index contributed by atoms with van der Waals surface area (Å²) < 4.78 is 1.23. The van der Waals surface area contributed by atoms with E-state index < -0.39 is 5.69 Å². The number of carbonyl (C=O) groups is 1. The number of hydrogen-bond acceptors (Lipinski definition) is 3. The summed E-state index contributed by atoms with van der Waals surface area (Å²) in [6, 6.07) is 1.44. The van der Waals surface area contributed by atoms with Crippen molar-refractivity contribution in [3.8, 4) is 0 Å². The Kier molecular flexibility index (Phi) is 1.95. The molecular weight excluding hydrogens is 184 g/mol. The minimum Gasteiger partial charge on any atom is -0.324 e. The van der Waals surface area contributed by atoms with E-state index in [-0.39, 0.29) is 6.03 Å². The van der Waals surface area contributed by atoms with Crippen LogP contribution in [-0.2, 0) is 0 Å². The standard InChI is InChI=1S/C8H10N4O2/c1-10-5-6-12(8(10)14)11-4-2-3-9-7(11)13/h2-4H,5-6H2,1H3. The first kappa shape index (κ1) is 8.74. The first-order valence-corrected chi connectivity index (χ1v) is 4.27. The van der Waals surface area contributed by atoms with Crippen molar-refractivity contribution in [2.75, 3.05) is 25.1 Å². The third-order valence-corrected chi connectivity index (χ3v) is 2.15. The van der Waals surface area contributed by atoms with E-state index in [1.165, 1.54) is 22.1 Å². The molecule has 0 saturated carbocycles. The van der Waals surface area contributed by atoms with Gasteiger partial charge in [0.15, 0.2) is 0 Å². The molecule has 1 aromatic rings. The number of aromatic nitrogens is 2. The van der Waals surface area contributed by atoms with E-state index in [1.54, 1.807) is 18.0 Å². The lowest BCUT2D eigenvalue weighted by Gasteiger charge is -2.16. The van der Waals surface area contributed by atoms with Gasteiger partial charge in [-0.05, 0) is 6.07 Å². The van der Waals surface area contributed by atoms with Crippen molar-refractivity contribution in [3.05, 3.63) is 28.9 Å². The SMILES string of the molecule is CN1CCN(n2cccnc2=O)C1=O. The highest BCUT2D eigenvalue weighted by molar-refractivity contribution is 5.86. The van der Waals surface area contributed by atoms with Gasteiger partial charge in [-0.15, -0.1) is 0 Å². The quantitative estimate of drug-likeness (QED) is 0.591. The third kappa shape index (κ3) is 1.24. The number of nitrogens with zero attached hydrogens (tertiary/aromatic N) is 4. The second-order valence-corrected chi connectivity index (χ2v) is 3.07. The normalized spacial score (nSPS) is 16.5. The molecular formula is C8H10N4O2. The molecule has 1 aliphatic rings. The predicted octanol–water partition coefficient (Wildman–Crippen LogP) is -0.753. The van der Waals surface area contributed by atoms with Crippen LogP contribution in [-0.4, -0.2) is 40.7 Å². The summed E-state index contributed by atoms with van der Waals surface area (Å²) in [5, 5.41) is 1.37. The van der Waals surface area contributed by atoms with E-state index in [0.717, 1.165) is 0 Å². The van der Waals surface area contributed by atoms with Gasteiger partial charge in [-0.3, -0.25) is 0 Å². The van der Waals surface area contributed by atoms with Gasteiger partial charge in [0.25, 0.3) is 0 Å². The molecule has 6 heteroatoms. The van der Waals surface area contributed by atoms with Gasteiger partial charge < -0.3 is 4.90 Å². The van der Waals surface area contributed by atoms with E-state index in [4.69, 9.17) is 0 Å². The van der Waals surface area contributed by atoms with Gasteiger partial charge in [-0.2, -0.15) is 0 Å². The first-order valence-electron chi connectivity index (χ1n) is 4.27. The summed E-state index contributed by atoms with van der Waals surface area (Å²) in [5.74, 6) is 0. The number of urea groups is 1. The second kappa shape index (κ2) is 3.13. The molecule has 0 aromatic carbocycles. The zero-order valence-electron chi connectivity index (χ0n) is 7.75. The second-order valence-electron chi connectivity index (χ2n) is 3.07. The lowest BCUT2D eigenvalue weighted by molar-refractivity contribution is 0.225. The molecule has 0 aliphatic carbocycles. The van der Waals surface area contributed by atoms with Gasteiger partial charge in [0.1, 0.15) is 0 Å². The molecule has 0 unspecified atom stereocenters. The number of carbonyl (C=O) groups excluding carboxylic acids is 1. The highest BCUT2D eigenvalue weighted by Crippen LogP contribution is 2.02. The largest absolute Gasteiger partial charge is 0.366 e. The molecule has 74 valence electrons. The first-order chi connectivity index (χ1) is 6.70. The van der Waals surface area contributed by atoms with Crippen LogP contribution in [0.25, 0.3) is 0 Å². The van der Waals surface area contributed by atoms with Gasteiger partial charge in [-0.1, -0.05) is 0 Å². The smallest absolute Gasteiger partial charge is 0.324 e. The topological polar surface area (TPSA) is 58.4 Å². The zero-order valence-corrected chi connectivity index (χ0v) is 7.75. The highest BCUT2D eigenvalue weighted by Gasteiger charge is 2.27. The van der Waals surface area contributed by atoms with Crippen molar-refractivity contribution in [1.82, 2.24) is 14.6 Å². The molecule has 2 rings (SSSR count). The fourth-order valence-corrected chi connectivity index (χ4v) is 1.37. The summed E-state index contributed by atoms with van der Waals surface area (Å²) in [4.78, 5) is 28.0. The Hall–Kier alpha value is -1.85. The van der Waals surface area contributed by atoms with Crippen molar-refractivity contribution < 1.29 is 4.79 Å². The van der Waals surface area contributed by atoms with Gasteiger partial charge in [0.2, 0.25) is 0 Å². The van der Waals surface area contributed by atoms with Gasteiger partial charge in [-0.25, -0.2) is 24.3 Å². The van der Waals surface area contributed by atoms with Gasteiger partial charge >= 0.3 is 11.7 Å². The molecule has 2 heterocycles. The maximum atomic E-state index is 11.5. The van der Waals surface area contributed by atoms with Gasteiger partial charge in [0.05, 0.1) is 6.54 Å². The van der Waals surface area contributed by atoms with E-state index >= 15 is 0 Å². The number of hydrogen-bond donors (Lipinski definition) is 0. The van der Waals surface area contributed by atoms with Crippen LogP contribution in [0.3, 0.4) is 0 Å². The number of rotatable bonds is 1. The van der Waals surface area contributed by atoms with Crippen LogP contribution in [0.2, 0.25) is 0 Å². The third-order valence-electron chi connectivity index (χ3n) is 2.15. The molecule has 0 atom stereocenters. The fraction of sp³-hybridized carbons (Fsp3) is 0.375. The van der Waals surface area contributed by atoms with E-state index in [0.29, 0.717) is 13.1 Å². The minimum atomic E-state index is -0.434. The van der Waals surface area contributed by atoms with Crippen LogP contribution < -0.4 is 10.7 Å².